The van der Waals surface area contributed by atoms with Crippen molar-refractivity contribution in [2.24, 2.45) is 9.98 Å². The summed E-state index contributed by atoms with van der Waals surface area (Å²) >= 11 is 0. The minimum Gasteiger partial charge on any atom is -0.422 e. The Kier molecular flexibility index (Phi) is 5.28. The Hall–Kier alpha value is -3.68. The van der Waals surface area contributed by atoms with E-state index in [1.165, 1.54) is 12.8 Å². The van der Waals surface area contributed by atoms with Gasteiger partial charge >= 0.3 is 11.3 Å². The molecule has 6 rings (SSSR count). The summed E-state index contributed by atoms with van der Waals surface area (Å²) in [5, 5.41) is 1.89. The second-order valence-electron chi connectivity index (χ2n) is 9.19. The second kappa shape index (κ2) is 8.59. The van der Waals surface area contributed by atoms with Gasteiger partial charge in [0.25, 0.3) is 0 Å². The van der Waals surface area contributed by atoms with Gasteiger partial charge in [-0.2, -0.15) is 0 Å². The average molecular weight is 459 g/mol. The number of rotatable bonds is 4. The first-order chi connectivity index (χ1) is 16.7. The molecule has 4 heterocycles. The van der Waals surface area contributed by atoms with Crippen molar-refractivity contribution in [3.8, 4) is 0 Å². The van der Waals surface area contributed by atoms with Gasteiger partial charge in [0.2, 0.25) is 0 Å². The first-order valence-electron chi connectivity index (χ1n) is 12.0. The molecule has 2 aliphatic heterocycles. The Morgan fingerprint density at radius 1 is 0.618 bits per heavy atom. The van der Waals surface area contributed by atoms with Crippen molar-refractivity contribution in [1.82, 2.24) is 9.80 Å². The molecule has 4 aromatic rings. The van der Waals surface area contributed by atoms with E-state index in [2.05, 4.69) is 19.8 Å². The van der Waals surface area contributed by atoms with Crippen LogP contribution >= 0.6 is 0 Å². The third kappa shape index (κ3) is 3.83. The highest BCUT2D eigenvalue weighted by atomic mass is 16.4. The zero-order valence-electron chi connectivity index (χ0n) is 19.0. The highest BCUT2D eigenvalue weighted by Gasteiger charge is 2.19. The van der Waals surface area contributed by atoms with Gasteiger partial charge in [-0.05, 0) is 50.7 Å². The van der Waals surface area contributed by atoms with Crippen molar-refractivity contribution < 1.29 is 8.83 Å². The maximum atomic E-state index is 12.9. The maximum absolute atomic E-state index is 12.9. The molecule has 0 radical (unpaired) electrons. The standard InChI is InChI=1S/C26H26N4O4/c31-25-19-11-17(27-15-29-7-3-1-4-8-29)13-21-23(19)24-20(26(32)33-21)12-18(14-22(24)34-25)28-16-30-9-5-2-6-10-30/h11-16H,1-10H2. The molecule has 8 heteroatoms. The normalized spacial score (nSPS) is 17.9. The van der Waals surface area contributed by atoms with Crippen LogP contribution in [-0.2, 0) is 0 Å². The Morgan fingerprint density at radius 2 is 1.03 bits per heavy atom. The molecular weight excluding hydrogens is 432 g/mol. The summed E-state index contributed by atoms with van der Waals surface area (Å²) in [4.78, 5) is 39.3. The van der Waals surface area contributed by atoms with Crippen LogP contribution in [0.3, 0.4) is 0 Å². The second-order valence-corrected chi connectivity index (χ2v) is 9.19. The van der Waals surface area contributed by atoms with Crippen LogP contribution in [0.5, 0.6) is 0 Å². The van der Waals surface area contributed by atoms with E-state index < -0.39 is 11.3 Å². The number of benzene rings is 2. The molecule has 0 atom stereocenters. The van der Waals surface area contributed by atoms with E-state index in [0.717, 1.165) is 51.9 Å². The fraction of sp³-hybridized carbons (Fsp3) is 0.385. The molecule has 0 bridgehead atoms. The van der Waals surface area contributed by atoms with Gasteiger partial charge in [0, 0.05) is 49.1 Å². The van der Waals surface area contributed by atoms with Crippen LogP contribution < -0.4 is 11.3 Å². The maximum Gasteiger partial charge on any atom is 0.344 e. The highest BCUT2D eigenvalue weighted by Crippen LogP contribution is 2.35. The smallest absolute Gasteiger partial charge is 0.344 e. The van der Waals surface area contributed by atoms with Crippen molar-refractivity contribution in [2.45, 2.75) is 38.5 Å². The van der Waals surface area contributed by atoms with E-state index in [1.807, 2.05) is 0 Å². The van der Waals surface area contributed by atoms with Crippen molar-refractivity contribution in [3.63, 3.8) is 0 Å². The largest absolute Gasteiger partial charge is 0.422 e. The Balaban J connectivity index is 1.45. The Bertz CT molecular complexity index is 1410. The predicted octanol–water partition coefficient (Wildman–Crippen LogP) is 4.78. The molecule has 0 aliphatic carbocycles. The third-order valence-electron chi connectivity index (χ3n) is 6.79. The quantitative estimate of drug-likeness (QED) is 0.189. The molecule has 2 aromatic carbocycles. The summed E-state index contributed by atoms with van der Waals surface area (Å²) in [6.45, 7) is 3.88. The van der Waals surface area contributed by atoms with Gasteiger partial charge < -0.3 is 18.6 Å². The molecule has 0 unspecified atom stereocenters. The van der Waals surface area contributed by atoms with Crippen LogP contribution in [0.2, 0.25) is 0 Å². The van der Waals surface area contributed by atoms with Gasteiger partial charge in [-0.3, -0.25) is 0 Å². The lowest BCUT2D eigenvalue weighted by atomic mass is 10.0. The molecular formula is C26H26N4O4. The van der Waals surface area contributed by atoms with Crippen LogP contribution in [0.1, 0.15) is 38.5 Å². The van der Waals surface area contributed by atoms with Gasteiger partial charge in [-0.1, -0.05) is 0 Å². The monoisotopic (exact) mass is 458 g/mol. The van der Waals surface area contributed by atoms with Crippen LogP contribution in [0.25, 0.3) is 32.7 Å². The van der Waals surface area contributed by atoms with Crippen molar-refractivity contribution >= 4 is 56.8 Å². The molecule has 8 nitrogen and oxygen atoms in total. The van der Waals surface area contributed by atoms with E-state index in [-0.39, 0.29) is 0 Å². The Morgan fingerprint density at radius 3 is 1.44 bits per heavy atom. The van der Waals surface area contributed by atoms with E-state index in [1.54, 1.807) is 36.9 Å². The molecule has 2 aromatic heterocycles. The minimum absolute atomic E-state index is 0.336. The highest BCUT2D eigenvalue weighted by molar-refractivity contribution is 6.20. The fourth-order valence-electron chi connectivity index (χ4n) is 5.02. The zero-order valence-corrected chi connectivity index (χ0v) is 19.0. The summed E-state index contributed by atoms with van der Waals surface area (Å²) in [6.07, 6.45) is 10.7. The number of likely N-dealkylation sites (tertiary alicyclic amines) is 2. The number of hydrogen-bond acceptors (Lipinski definition) is 6. The lowest BCUT2D eigenvalue weighted by Crippen LogP contribution is -2.28. The van der Waals surface area contributed by atoms with Crippen LogP contribution in [0.4, 0.5) is 11.4 Å². The van der Waals surface area contributed by atoms with Crippen LogP contribution in [-0.4, -0.2) is 48.7 Å². The molecule has 174 valence electrons. The first-order valence-corrected chi connectivity index (χ1v) is 12.0. The van der Waals surface area contributed by atoms with Crippen LogP contribution in [0, 0.1) is 0 Å². The summed E-state index contributed by atoms with van der Waals surface area (Å²) in [5.41, 5.74) is 0.809. The van der Waals surface area contributed by atoms with Crippen molar-refractivity contribution in [1.29, 1.82) is 0 Å². The molecule has 0 saturated carbocycles. The van der Waals surface area contributed by atoms with E-state index in [0.29, 0.717) is 44.1 Å². The topological polar surface area (TPSA) is 91.6 Å². The lowest BCUT2D eigenvalue weighted by Gasteiger charge is -2.23. The average Bonchev–Trinajstić information content (AvgIpc) is 2.87. The third-order valence-corrected chi connectivity index (χ3v) is 6.79. The predicted molar refractivity (Wildman–Crippen MR) is 134 cm³/mol. The molecule has 2 saturated heterocycles. The number of hydrogen-bond donors (Lipinski definition) is 0. The van der Waals surface area contributed by atoms with Gasteiger partial charge in [0.15, 0.2) is 0 Å². The minimum atomic E-state index is -0.486. The van der Waals surface area contributed by atoms with E-state index in [4.69, 9.17) is 8.83 Å². The van der Waals surface area contributed by atoms with E-state index in [9.17, 15) is 9.59 Å². The van der Waals surface area contributed by atoms with Crippen molar-refractivity contribution in [2.75, 3.05) is 26.2 Å². The number of aliphatic imine (C=N–C) groups is 2. The Labute approximate surface area is 195 Å². The molecule has 2 fully saturated rings. The van der Waals surface area contributed by atoms with Gasteiger partial charge in [-0.15, -0.1) is 0 Å². The number of nitrogens with zero attached hydrogens (tertiary/aromatic N) is 4. The van der Waals surface area contributed by atoms with Gasteiger partial charge in [0.1, 0.15) is 11.2 Å². The fourth-order valence-corrected chi connectivity index (χ4v) is 5.02. The summed E-state index contributed by atoms with van der Waals surface area (Å²) in [5.74, 6) is 0. The first kappa shape index (κ1) is 20.9. The zero-order chi connectivity index (χ0) is 23.1. The lowest BCUT2D eigenvalue weighted by molar-refractivity contribution is 0.351. The summed E-state index contributed by atoms with van der Waals surface area (Å²) in [6, 6.07) is 6.83. The summed E-state index contributed by atoms with van der Waals surface area (Å²) < 4.78 is 11.3. The SMILES string of the molecule is O=c1oc2cc(N=CN3CCCCC3)cc3c(=O)oc4cc(N=CN5CCCCC5)cc1c4c23. The molecule has 0 amide bonds. The van der Waals surface area contributed by atoms with Gasteiger partial charge in [0.05, 0.1) is 34.8 Å². The van der Waals surface area contributed by atoms with Crippen molar-refractivity contribution in [3.05, 3.63) is 45.1 Å². The molecule has 34 heavy (non-hydrogen) atoms. The van der Waals surface area contributed by atoms with Crippen LogP contribution in [0.15, 0.2) is 52.7 Å². The number of piperidine rings is 2. The molecule has 0 N–H and O–H groups in total. The molecule has 2 aliphatic rings. The summed E-state index contributed by atoms with van der Waals surface area (Å²) in [7, 11) is 0. The molecule has 0 spiro atoms. The van der Waals surface area contributed by atoms with E-state index >= 15 is 0 Å². The van der Waals surface area contributed by atoms with Gasteiger partial charge in [-0.25, -0.2) is 19.6 Å².